The van der Waals surface area contributed by atoms with Crippen LogP contribution < -0.4 is 5.32 Å². The Kier molecular flexibility index (Phi) is 3.80. The second kappa shape index (κ2) is 4.66. The maximum absolute atomic E-state index is 3.46. The third-order valence-electron chi connectivity index (χ3n) is 2.28. The number of hydrogen-bond donors (Lipinski definition) is 1. The highest BCUT2D eigenvalue weighted by molar-refractivity contribution is 5.09. The van der Waals surface area contributed by atoms with Gasteiger partial charge in [0.15, 0.2) is 0 Å². The Hall–Kier alpha value is -0.300. The lowest BCUT2D eigenvalue weighted by molar-refractivity contribution is 0.614. The number of rotatable bonds is 5. The summed E-state index contributed by atoms with van der Waals surface area (Å²) in [4.78, 5) is 0. The standard InChI is InChI=1S/C11H21N/c1-4-10(7-11-5-6-11)8-12-9(2)3/h7,9,11-12H,4-6,8H2,1-3H3. The maximum Gasteiger partial charge on any atom is 0.0166 e. The van der Waals surface area contributed by atoms with Gasteiger partial charge >= 0.3 is 0 Å². The van der Waals surface area contributed by atoms with Crippen molar-refractivity contribution in [2.24, 2.45) is 5.92 Å². The predicted octanol–water partition coefficient (Wildman–Crippen LogP) is 2.73. The molecule has 1 rings (SSSR count). The first-order valence-corrected chi connectivity index (χ1v) is 5.15. The molecule has 0 bridgehead atoms. The van der Waals surface area contributed by atoms with Gasteiger partial charge in [0.25, 0.3) is 0 Å². The van der Waals surface area contributed by atoms with Crippen LogP contribution in [0.3, 0.4) is 0 Å². The Morgan fingerprint density at radius 2 is 2.17 bits per heavy atom. The van der Waals surface area contributed by atoms with E-state index >= 15 is 0 Å². The molecular formula is C11H21N. The molecule has 0 aromatic heterocycles. The van der Waals surface area contributed by atoms with E-state index in [9.17, 15) is 0 Å². The summed E-state index contributed by atoms with van der Waals surface area (Å²) in [5.74, 6) is 0.925. The van der Waals surface area contributed by atoms with Gasteiger partial charge in [0, 0.05) is 12.6 Å². The van der Waals surface area contributed by atoms with Gasteiger partial charge in [-0.2, -0.15) is 0 Å². The fraction of sp³-hybridized carbons (Fsp3) is 0.818. The van der Waals surface area contributed by atoms with Crippen molar-refractivity contribution >= 4 is 0 Å². The Balaban J connectivity index is 2.24. The highest BCUT2D eigenvalue weighted by Gasteiger charge is 2.18. The van der Waals surface area contributed by atoms with Crippen molar-refractivity contribution in [1.29, 1.82) is 0 Å². The Morgan fingerprint density at radius 3 is 2.58 bits per heavy atom. The molecule has 1 nitrogen and oxygen atoms in total. The van der Waals surface area contributed by atoms with Gasteiger partial charge in [-0.05, 0) is 25.2 Å². The molecule has 0 aromatic carbocycles. The lowest BCUT2D eigenvalue weighted by atomic mass is 10.1. The molecule has 1 aliphatic carbocycles. The summed E-state index contributed by atoms with van der Waals surface area (Å²) in [5.41, 5.74) is 1.59. The SMILES string of the molecule is CCC(=CC1CC1)CNC(C)C. The molecule has 1 saturated carbocycles. The lowest BCUT2D eigenvalue weighted by Gasteiger charge is -2.09. The molecule has 1 N–H and O–H groups in total. The predicted molar refractivity (Wildman–Crippen MR) is 54.2 cm³/mol. The molecule has 1 heteroatoms. The van der Waals surface area contributed by atoms with Crippen LogP contribution in [-0.2, 0) is 0 Å². The van der Waals surface area contributed by atoms with E-state index in [0.29, 0.717) is 6.04 Å². The molecule has 1 fully saturated rings. The van der Waals surface area contributed by atoms with Crippen LogP contribution >= 0.6 is 0 Å². The average molecular weight is 167 g/mol. The van der Waals surface area contributed by atoms with Gasteiger partial charge in [0.05, 0.1) is 0 Å². The highest BCUT2D eigenvalue weighted by atomic mass is 14.9. The fourth-order valence-corrected chi connectivity index (χ4v) is 1.23. The minimum atomic E-state index is 0.610. The third kappa shape index (κ3) is 3.91. The summed E-state index contributed by atoms with van der Waals surface area (Å²) in [5, 5.41) is 3.46. The molecule has 0 heterocycles. The van der Waals surface area contributed by atoms with Crippen molar-refractivity contribution < 1.29 is 0 Å². The molecule has 0 saturated heterocycles. The van der Waals surface area contributed by atoms with Gasteiger partial charge in [-0.25, -0.2) is 0 Å². The first kappa shape index (κ1) is 9.79. The van der Waals surface area contributed by atoms with Gasteiger partial charge in [0.2, 0.25) is 0 Å². The van der Waals surface area contributed by atoms with Crippen molar-refractivity contribution in [3.05, 3.63) is 11.6 Å². The van der Waals surface area contributed by atoms with Crippen LogP contribution in [0.15, 0.2) is 11.6 Å². The van der Waals surface area contributed by atoms with Crippen LogP contribution in [0.2, 0.25) is 0 Å². The van der Waals surface area contributed by atoms with Gasteiger partial charge in [-0.3, -0.25) is 0 Å². The Labute approximate surface area is 76.2 Å². The first-order chi connectivity index (χ1) is 5.72. The normalized spacial score (nSPS) is 18.8. The lowest BCUT2D eigenvalue weighted by Crippen LogP contribution is -2.24. The van der Waals surface area contributed by atoms with Crippen molar-refractivity contribution in [3.63, 3.8) is 0 Å². The van der Waals surface area contributed by atoms with Crippen molar-refractivity contribution in [2.45, 2.75) is 46.1 Å². The molecule has 0 radical (unpaired) electrons. The molecule has 70 valence electrons. The van der Waals surface area contributed by atoms with Gasteiger partial charge in [-0.15, -0.1) is 0 Å². The van der Waals surface area contributed by atoms with E-state index in [4.69, 9.17) is 0 Å². The van der Waals surface area contributed by atoms with Crippen LogP contribution in [0.25, 0.3) is 0 Å². The van der Waals surface area contributed by atoms with E-state index in [2.05, 4.69) is 32.2 Å². The van der Waals surface area contributed by atoms with E-state index < -0.39 is 0 Å². The van der Waals surface area contributed by atoms with Crippen LogP contribution in [0.1, 0.15) is 40.0 Å². The van der Waals surface area contributed by atoms with Crippen LogP contribution in [0, 0.1) is 5.92 Å². The average Bonchev–Trinajstić information content (AvgIpc) is 2.81. The van der Waals surface area contributed by atoms with Crippen LogP contribution in [0.5, 0.6) is 0 Å². The van der Waals surface area contributed by atoms with Gasteiger partial charge in [0.1, 0.15) is 0 Å². The monoisotopic (exact) mass is 167 g/mol. The summed E-state index contributed by atoms with van der Waals surface area (Å²) in [7, 11) is 0. The van der Waals surface area contributed by atoms with Crippen LogP contribution in [-0.4, -0.2) is 12.6 Å². The van der Waals surface area contributed by atoms with E-state index in [-0.39, 0.29) is 0 Å². The Bertz CT molecular complexity index is 154. The molecule has 0 aliphatic heterocycles. The third-order valence-corrected chi connectivity index (χ3v) is 2.28. The number of hydrogen-bond acceptors (Lipinski definition) is 1. The molecule has 0 amide bonds. The number of allylic oxidation sites excluding steroid dienone is 1. The second-order valence-corrected chi connectivity index (χ2v) is 4.05. The zero-order valence-corrected chi connectivity index (χ0v) is 8.56. The minimum Gasteiger partial charge on any atom is -0.311 e. The van der Waals surface area contributed by atoms with E-state index in [0.717, 1.165) is 12.5 Å². The summed E-state index contributed by atoms with van der Waals surface area (Å²) in [6, 6.07) is 0.610. The van der Waals surface area contributed by atoms with Crippen molar-refractivity contribution in [2.75, 3.05) is 6.54 Å². The molecule has 12 heavy (non-hydrogen) atoms. The summed E-state index contributed by atoms with van der Waals surface area (Å²) in [6.07, 6.45) is 6.52. The van der Waals surface area contributed by atoms with Crippen LogP contribution in [0.4, 0.5) is 0 Å². The van der Waals surface area contributed by atoms with E-state index in [1.165, 1.54) is 19.3 Å². The molecule has 0 aromatic rings. The van der Waals surface area contributed by atoms with Crippen molar-refractivity contribution in [1.82, 2.24) is 5.32 Å². The van der Waals surface area contributed by atoms with Gasteiger partial charge in [-0.1, -0.05) is 32.4 Å². The maximum atomic E-state index is 3.46. The zero-order chi connectivity index (χ0) is 8.97. The van der Waals surface area contributed by atoms with Gasteiger partial charge < -0.3 is 5.32 Å². The largest absolute Gasteiger partial charge is 0.311 e. The summed E-state index contributed by atoms with van der Waals surface area (Å²) < 4.78 is 0. The fourth-order valence-electron chi connectivity index (χ4n) is 1.23. The molecule has 0 atom stereocenters. The topological polar surface area (TPSA) is 12.0 Å². The highest BCUT2D eigenvalue weighted by Crippen LogP contribution is 2.31. The number of nitrogens with one attached hydrogen (secondary N) is 1. The Morgan fingerprint density at radius 1 is 1.50 bits per heavy atom. The molecule has 0 unspecified atom stereocenters. The molecule has 1 aliphatic rings. The second-order valence-electron chi connectivity index (χ2n) is 4.05. The smallest absolute Gasteiger partial charge is 0.0166 e. The first-order valence-electron chi connectivity index (χ1n) is 5.15. The zero-order valence-electron chi connectivity index (χ0n) is 8.56. The molecular weight excluding hydrogens is 146 g/mol. The van der Waals surface area contributed by atoms with E-state index in [1.807, 2.05) is 0 Å². The van der Waals surface area contributed by atoms with E-state index in [1.54, 1.807) is 5.57 Å². The summed E-state index contributed by atoms with van der Waals surface area (Å²) >= 11 is 0. The summed E-state index contributed by atoms with van der Waals surface area (Å²) in [6.45, 7) is 7.73. The minimum absolute atomic E-state index is 0.610. The quantitative estimate of drug-likeness (QED) is 0.621. The molecule has 0 spiro atoms. The van der Waals surface area contributed by atoms with Crippen molar-refractivity contribution in [3.8, 4) is 0 Å².